The van der Waals surface area contributed by atoms with Gasteiger partial charge in [-0.15, -0.1) is 0 Å². The summed E-state index contributed by atoms with van der Waals surface area (Å²) in [7, 11) is 1.61. The van der Waals surface area contributed by atoms with Gasteiger partial charge in [0.05, 0.1) is 25.0 Å². The normalized spacial score (nSPS) is 13.3. The van der Waals surface area contributed by atoms with Crippen LogP contribution in [0.1, 0.15) is 18.2 Å². The number of H-pyrrole nitrogens is 1. The summed E-state index contributed by atoms with van der Waals surface area (Å²) < 4.78 is 16.1. The number of ether oxygens (including phenoxy) is 3. The van der Waals surface area contributed by atoms with Crippen LogP contribution in [0.25, 0.3) is 16.5 Å². The number of carbonyl (C=O) groups is 2. The van der Waals surface area contributed by atoms with Crippen LogP contribution in [-0.4, -0.2) is 42.2 Å². The standard InChI is InChI=1S/C23H22N2O5/c1-3-29-22(26)19-14-25(23(27)30-15-7-5-4-6-8-15)12-11-17-18-13-16(28-2)9-10-20(18)24-21(17)19/h4-10,13-14,24H,3,11-12H2,1-2H3. The summed E-state index contributed by atoms with van der Waals surface area (Å²) >= 11 is 0. The van der Waals surface area contributed by atoms with Crippen molar-refractivity contribution in [2.75, 3.05) is 20.3 Å². The van der Waals surface area contributed by atoms with Crippen LogP contribution in [0, 0.1) is 0 Å². The molecule has 0 atom stereocenters. The monoisotopic (exact) mass is 406 g/mol. The zero-order valence-electron chi connectivity index (χ0n) is 16.8. The number of hydrogen-bond donors (Lipinski definition) is 1. The topological polar surface area (TPSA) is 80.9 Å². The molecule has 0 fully saturated rings. The van der Waals surface area contributed by atoms with Crippen molar-refractivity contribution in [3.63, 3.8) is 0 Å². The number of hydrogen-bond acceptors (Lipinski definition) is 5. The molecule has 0 radical (unpaired) electrons. The van der Waals surface area contributed by atoms with Gasteiger partial charge in [0.15, 0.2) is 0 Å². The molecule has 0 unspecified atom stereocenters. The van der Waals surface area contributed by atoms with Crippen molar-refractivity contribution in [2.24, 2.45) is 0 Å². The Morgan fingerprint density at radius 2 is 1.90 bits per heavy atom. The van der Waals surface area contributed by atoms with E-state index >= 15 is 0 Å². The maximum absolute atomic E-state index is 12.8. The van der Waals surface area contributed by atoms with Crippen LogP contribution in [0.15, 0.2) is 54.7 Å². The van der Waals surface area contributed by atoms with Gasteiger partial charge >= 0.3 is 12.1 Å². The number of carbonyl (C=O) groups excluding carboxylic acids is 2. The van der Waals surface area contributed by atoms with E-state index in [1.165, 1.54) is 11.1 Å². The molecule has 7 nitrogen and oxygen atoms in total. The van der Waals surface area contributed by atoms with Crippen LogP contribution in [0.5, 0.6) is 11.5 Å². The van der Waals surface area contributed by atoms with Gasteiger partial charge in [0.1, 0.15) is 11.5 Å². The van der Waals surface area contributed by atoms with Crippen molar-refractivity contribution in [3.8, 4) is 11.5 Å². The Morgan fingerprint density at radius 1 is 1.10 bits per heavy atom. The second-order valence-electron chi connectivity index (χ2n) is 6.78. The maximum atomic E-state index is 12.8. The van der Waals surface area contributed by atoms with Crippen molar-refractivity contribution < 1.29 is 23.8 Å². The van der Waals surface area contributed by atoms with Gasteiger partial charge in [0.2, 0.25) is 0 Å². The van der Waals surface area contributed by atoms with Gasteiger partial charge in [-0.05, 0) is 49.2 Å². The van der Waals surface area contributed by atoms with E-state index in [2.05, 4.69) is 4.98 Å². The molecule has 1 aliphatic heterocycles. The highest BCUT2D eigenvalue weighted by Crippen LogP contribution is 2.33. The van der Waals surface area contributed by atoms with Gasteiger partial charge in [0, 0.05) is 23.6 Å². The van der Waals surface area contributed by atoms with Gasteiger partial charge in [-0.2, -0.15) is 0 Å². The number of amides is 1. The second kappa shape index (κ2) is 8.32. The molecule has 30 heavy (non-hydrogen) atoms. The van der Waals surface area contributed by atoms with E-state index in [0.717, 1.165) is 22.2 Å². The van der Waals surface area contributed by atoms with Gasteiger partial charge in [-0.25, -0.2) is 9.59 Å². The fourth-order valence-corrected chi connectivity index (χ4v) is 3.52. The molecule has 0 spiro atoms. The number of nitrogens with one attached hydrogen (secondary N) is 1. The summed E-state index contributed by atoms with van der Waals surface area (Å²) in [5.41, 5.74) is 2.74. The summed E-state index contributed by atoms with van der Waals surface area (Å²) in [5.74, 6) is 0.652. The average molecular weight is 406 g/mol. The van der Waals surface area contributed by atoms with Crippen molar-refractivity contribution in [2.45, 2.75) is 13.3 Å². The number of aromatic amines is 1. The van der Waals surface area contributed by atoms with Gasteiger partial charge < -0.3 is 19.2 Å². The van der Waals surface area contributed by atoms with E-state index in [0.29, 0.717) is 24.4 Å². The highest BCUT2D eigenvalue weighted by molar-refractivity contribution is 6.18. The molecule has 1 N–H and O–H groups in total. The molecular formula is C23H22N2O5. The minimum absolute atomic E-state index is 0.230. The van der Waals surface area contributed by atoms with E-state index in [4.69, 9.17) is 14.2 Å². The third kappa shape index (κ3) is 3.74. The Morgan fingerprint density at radius 3 is 2.63 bits per heavy atom. The summed E-state index contributed by atoms with van der Waals surface area (Å²) in [6.45, 7) is 2.33. The first-order valence-electron chi connectivity index (χ1n) is 9.72. The van der Waals surface area contributed by atoms with Crippen LogP contribution in [0.2, 0.25) is 0 Å². The molecule has 1 aromatic heterocycles. The molecular weight excluding hydrogens is 384 g/mol. The number of benzene rings is 2. The fraction of sp³-hybridized carbons (Fsp3) is 0.217. The summed E-state index contributed by atoms with van der Waals surface area (Å²) in [6, 6.07) is 14.5. The van der Waals surface area contributed by atoms with Crippen LogP contribution in [-0.2, 0) is 16.0 Å². The minimum atomic E-state index is -0.560. The number of aromatic nitrogens is 1. The minimum Gasteiger partial charge on any atom is -0.497 e. The second-order valence-corrected chi connectivity index (χ2v) is 6.78. The van der Waals surface area contributed by atoms with E-state index in [1.54, 1.807) is 38.3 Å². The molecule has 3 aromatic rings. The van der Waals surface area contributed by atoms with Gasteiger partial charge in [-0.1, -0.05) is 18.2 Å². The number of rotatable bonds is 4. The lowest BCUT2D eigenvalue weighted by molar-refractivity contribution is -0.136. The lowest BCUT2D eigenvalue weighted by Crippen LogP contribution is -2.30. The smallest absolute Gasteiger partial charge is 0.419 e. The highest BCUT2D eigenvalue weighted by Gasteiger charge is 2.28. The van der Waals surface area contributed by atoms with E-state index < -0.39 is 12.1 Å². The number of nitrogens with zero attached hydrogens (tertiary/aromatic N) is 1. The Bertz CT molecular complexity index is 1120. The predicted molar refractivity (Wildman–Crippen MR) is 112 cm³/mol. The van der Waals surface area contributed by atoms with E-state index in [-0.39, 0.29) is 12.2 Å². The van der Waals surface area contributed by atoms with Crippen molar-refractivity contribution in [3.05, 3.63) is 66.0 Å². The Labute approximate surface area is 173 Å². The van der Waals surface area contributed by atoms with Crippen LogP contribution >= 0.6 is 0 Å². The van der Waals surface area contributed by atoms with Crippen LogP contribution < -0.4 is 9.47 Å². The summed E-state index contributed by atoms with van der Waals surface area (Å²) in [4.78, 5) is 30.2. The first-order chi connectivity index (χ1) is 14.6. The molecule has 0 saturated heterocycles. The summed E-state index contributed by atoms with van der Waals surface area (Å²) in [5, 5.41) is 0.942. The SMILES string of the molecule is CCOC(=O)C1=CN(C(=O)Oc2ccccc2)CCc2c1[nH]c1ccc(OC)cc21. The average Bonchev–Trinajstić information content (AvgIpc) is 3.00. The molecule has 7 heteroatoms. The van der Waals surface area contributed by atoms with E-state index in [1.807, 2.05) is 24.3 Å². The number of methoxy groups -OCH3 is 1. The quantitative estimate of drug-likeness (QED) is 0.659. The molecule has 4 rings (SSSR count). The first kappa shape index (κ1) is 19.6. The Kier molecular flexibility index (Phi) is 5.43. The zero-order valence-corrected chi connectivity index (χ0v) is 16.8. The molecule has 0 saturated carbocycles. The molecule has 0 aliphatic carbocycles. The molecule has 0 bridgehead atoms. The lowest BCUT2D eigenvalue weighted by Gasteiger charge is -2.17. The summed E-state index contributed by atoms with van der Waals surface area (Å²) in [6.07, 6.45) is 1.48. The highest BCUT2D eigenvalue weighted by atomic mass is 16.6. The lowest BCUT2D eigenvalue weighted by atomic mass is 10.0. The molecule has 1 amide bonds. The van der Waals surface area contributed by atoms with Gasteiger partial charge in [-0.3, -0.25) is 4.90 Å². The molecule has 1 aliphatic rings. The van der Waals surface area contributed by atoms with Crippen LogP contribution in [0.3, 0.4) is 0 Å². The molecule has 2 aromatic carbocycles. The van der Waals surface area contributed by atoms with Crippen molar-refractivity contribution >= 4 is 28.5 Å². The van der Waals surface area contributed by atoms with E-state index in [9.17, 15) is 9.59 Å². The third-order valence-corrected chi connectivity index (χ3v) is 4.95. The Hall–Kier alpha value is -3.74. The van der Waals surface area contributed by atoms with Crippen molar-refractivity contribution in [1.29, 1.82) is 0 Å². The largest absolute Gasteiger partial charge is 0.497 e. The Balaban J connectivity index is 1.73. The van der Waals surface area contributed by atoms with Crippen LogP contribution in [0.4, 0.5) is 4.79 Å². The van der Waals surface area contributed by atoms with Crippen molar-refractivity contribution in [1.82, 2.24) is 9.88 Å². The first-order valence-corrected chi connectivity index (χ1v) is 9.72. The molecule has 154 valence electrons. The van der Waals surface area contributed by atoms with Gasteiger partial charge in [0.25, 0.3) is 0 Å². The maximum Gasteiger partial charge on any atom is 0.419 e. The number of esters is 1. The predicted octanol–water partition coefficient (Wildman–Crippen LogP) is 4.14. The fourth-order valence-electron chi connectivity index (χ4n) is 3.52. The number of para-hydroxylation sites is 1. The number of fused-ring (bicyclic) bond motifs is 3. The molecule has 2 heterocycles. The third-order valence-electron chi connectivity index (χ3n) is 4.95. The zero-order chi connectivity index (χ0) is 21.1.